The molecule has 1 aromatic heterocycles. The summed E-state index contributed by atoms with van der Waals surface area (Å²) in [7, 11) is 0. The maximum absolute atomic E-state index is 13.1. The summed E-state index contributed by atoms with van der Waals surface area (Å²) in [6, 6.07) is 25.8. The number of aliphatic imine (C=N–C) groups is 1. The third-order valence-corrected chi connectivity index (χ3v) is 4.07. The summed E-state index contributed by atoms with van der Waals surface area (Å²) in [5, 5.41) is 4.46. The van der Waals surface area contributed by atoms with Gasteiger partial charge in [-0.2, -0.15) is 5.10 Å². The zero-order valence-corrected chi connectivity index (χ0v) is 15.0. The third-order valence-electron chi connectivity index (χ3n) is 4.07. The van der Waals surface area contributed by atoms with Crippen molar-refractivity contribution in [2.45, 2.75) is 0 Å². The van der Waals surface area contributed by atoms with Crippen LogP contribution < -0.4 is 0 Å². The van der Waals surface area contributed by atoms with Crippen molar-refractivity contribution in [3.05, 3.63) is 108 Å². The van der Waals surface area contributed by atoms with E-state index in [0.29, 0.717) is 5.95 Å². The van der Waals surface area contributed by atoms with E-state index in [9.17, 15) is 4.39 Å². The Balaban J connectivity index is 1.69. The molecule has 28 heavy (non-hydrogen) atoms. The Morgan fingerprint density at radius 2 is 1.39 bits per heavy atom. The number of benzene rings is 3. The van der Waals surface area contributed by atoms with Gasteiger partial charge in [0.05, 0.1) is 18.1 Å². The molecule has 4 aromatic rings. The minimum absolute atomic E-state index is 0.278. The van der Waals surface area contributed by atoms with Gasteiger partial charge >= 0.3 is 0 Å². The van der Waals surface area contributed by atoms with Crippen molar-refractivity contribution in [3.63, 3.8) is 0 Å². The summed E-state index contributed by atoms with van der Waals surface area (Å²) in [5.41, 5.74) is 3.52. The minimum atomic E-state index is -0.278. The summed E-state index contributed by atoms with van der Waals surface area (Å²) in [6.07, 6.45) is 5.23. The molecule has 0 saturated heterocycles. The zero-order valence-electron chi connectivity index (χ0n) is 15.0. The maximum Gasteiger partial charge on any atom is 0.251 e. The van der Waals surface area contributed by atoms with E-state index in [1.54, 1.807) is 29.2 Å². The topological polar surface area (TPSA) is 42.5 Å². The molecule has 0 unspecified atom stereocenters. The number of imidazole rings is 1. The lowest BCUT2D eigenvalue weighted by molar-refractivity contribution is 0.628. The summed E-state index contributed by atoms with van der Waals surface area (Å²) in [5.74, 6) is 0.181. The van der Waals surface area contributed by atoms with Crippen LogP contribution in [-0.4, -0.2) is 22.1 Å². The molecule has 5 heteroatoms. The first-order chi connectivity index (χ1) is 13.8. The maximum atomic E-state index is 13.1. The molecule has 1 heterocycles. The Kier molecular flexibility index (Phi) is 5.15. The van der Waals surface area contributed by atoms with Gasteiger partial charge in [-0.15, -0.1) is 0 Å². The SMILES string of the molecule is Fc1ccc(/C=N/n2cc(-c3ccccc3)nc2N=Cc2ccccc2)cc1. The molecular weight excluding hydrogens is 351 g/mol. The van der Waals surface area contributed by atoms with Crippen molar-refractivity contribution in [2.75, 3.05) is 0 Å². The van der Waals surface area contributed by atoms with Crippen LogP contribution in [0.25, 0.3) is 11.3 Å². The van der Waals surface area contributed by atoms with Crippen LogP contribution in [0, 0.1) is 5.82 Å². The predicted octanol–water partition coefficient (Wildman–Crippen LogP) is 5.32. The van der Waals surface area contributed by atoms with Crippen LogP contribution in [-0.2, 0) is 0 Å². The van der Waals surface area contributed by atoms with Gasteiger partial charge in [-0.05, 0) is 23.3 Å². The standard InChI is InChI=1S/C23H17FN4/c24-21-13-11-19(12-14-21)16-26-28-17-22(20-9-5-2-6-10-20)27-23(28)25-15-18-7-3-1-4-8-18/h1-17H/b25-15?,26-16+. The second-order valence-electron chi connectivity index (χ2n) is 6.10. The van der Waals surface area contributed by atoms with Gasteiger partial charge < -0.3 is 0 Å². The fraction of sp³-hybridized carbons (Fsp3) is 0. The minimum Gasteiger partial charge on any atom is -0.219 e. The lowest BCUT2D eigenvalue weighted by atomic mass is 10.2. The van der Waals surface area contributed by atoms with Crippen molar-refractivity contribution in [2.24, 2.45) is 10.1 Å². The van der Waals surface area contributed by atoms with Gasteiger partial charge in [-0.3, -0.25) is 0 Å². The lowest BCUT2D eigenvalue weighted by Crippen LogP contribution is -1.90. The van der Waals surface area contributed by atoms with Gasteiger partial charge in [0.1, 0.15) is 5.82 Å². The van der Waals surface area contributed by atoms with Gasteiger partial charge in [0.2, 0.25) is 0 Å². The van der Waals surface area contributed by atoms with Gasteiger partial charge in [0.15, 0.2) is 0 Å². The molecule has 0 bridgehead atoms. The third kappa shape index (κ3) is 4.27. The summed E-state index contributed by atoms with van der Waals surface area (Å²) >= 11 is 0. The number of halogens is 1. The molecule has 0 aliphatic rings. The second-order valence-corrected chi connectivity index (χ2v) is 6.10. The Hall–Kier alpha value is -3.86. The molecule has 0 saturated carbocycles. The van der Waals surface area contributed by atoms with E-state index in [1.165, 1.54) is 12.1 Å². The molecule has 136 valence electrons. The van der Waals surface area contributed by atoms with Crippen LogP contribution in [0.3, 0.4) is 0 Å². The number of aromatic nitrogens is 2. The van der Waals surface area contributed by atoms with Crippen molar-refractivity contribution in [1.29, 1.82) is 0 Å². The molecule has 0 aliphatic heterocycles. The highest BCUT2D eigenvalue weighted by Crippen LogP contribution is 2.22. The Morgan fingerprint density at radius 1 is 0.750 bits per heavy atom. The molecule has 3 aromatic carbocycles. The van der Waals surface area contributed by atoms with Crippen molar-refractivity contribution in [1.82, 2.24) is 9.66 Å². The Morgan fingerprint density at radius 3 is 2.11 bits per heavy atom. The average Bonchev–Trinajstić information content (AvgIpc) is 3.16. The highest BCUT2D eigenvalue weighted by molar-refractivity contribution is 5.82. The summed E-state index contributed by atoms with van der Waals surface area (Å²) in [4.78, 5) is 9.12. The predicted molar refractivity (Wildman–Crippen MR) is 111 cm³/mol. The monoisotopic (exact) mass is 368 g/mol. The first kappa shape index (κ1) is 17.5. The van der Waals surface area contributed by atoms with Crippen LogP contribution in [0.15, 0.2) is 101 Å². The second kappa shape index (κ2) is 8.22. The molecular formula is C23H17FN4. The molecule has 0 aliphatic carbocycles. The number of hydrogen-bond donors (Lipinski definition) is 0. The smallest absolute Gasteiger partial charge is 0.219 e. The van der Waals surface area contributed by atoms with E-state index < -0.39 is 0 Å². The van der Waals surface area contributed by atoms with E-state index >= 15 is 0 Å². The highest BCUT2D eigenvalue weighted by atomic mass is 19.1. The van der Waals surface area contributed by atoms with E-state index in [0.717, 1.165) is 22.4 Å². The molecule has 4 rings (SSSR count). The van der Waals surface area contributed by atoms with Crippen molar-refractivity contribution >= 4 is 18.4 Å². The highest BCUT2D eigenvalue weighted by Gasteiger charge is 2.08. The fourth-order valence-corrected chi connectivity index (χ4v) is 2.63. The van der Waals surface area contributed by atoms with Gasteiger partial charge in [-0.1, -0.05) is 72.8 Å². The number of nitrogens with zero attached hydrogens (tertiary/aromatic N) is 4. The zero-order chi connectivity index (χ0) is 19.2. The lowest BCUT2D eigenvalue weighted by Gasteiger charge is -1.97. The van der Waals surface area contributed by atoms with E-state index in [2.05, 4.69) is 15.1 Å². The Labute approximate surface area is 162 Å². The van der Waals surface area contributed by atoms with Crippen molar-refractivity contribution < 1.29 is 4.39 Å². The molecule has 0 amide bonds. The molecule has 0 atom stereocenters. The van der Waals surface area contributed by atoms with Crippen LogP contribution in [0.4, 0.5) is 10.3 Å². The van der Waals surface area contributed by atoms with Gasteiger partial charge in [0.25, 0.3) is 5.95 Å². The first-order valence-electron chi connectivity index (χ1n) is 8.82. The van der Waals surface area contributed by atoms with Crippen molar-refractivity contribution in [3.8, 4) is 11.3 Å². The summed E-state index contributed by atoms with van der Waals surface area (Å²) in [6.45, 7) is 0. The van der Waals surface area contributed by atoms with Gasteiger partial charge in [-0.25, -0.2) is 19.0 Å². The average molecular weight is 368 g/mol. The molecule has 4 nitrogen and oxygen atoms in total. The number of rotatable bonds is 5. The van der Waals surface area contributed by atoms with E-state index in [4.69, 9.17) is 0 Å². The first-order valence-corrected chi connectivity index (χ1v) is 8.82. The van der Waals surface area contributed by atoms with Gasteiger partial charge in [0, 0.05) is 11.8 Å². The van der Waals surface area contributed by atoms with Crippen LogP contribution in [0.1, 0.15) is 11.1 Å². The molecule has 0 radical (unpaired) electrons. The quantitative estimate of drug-likeness (QED) is 0.440. The molecule has 0 fully saturated rings. The van der Waals surface area contributed by atoms with Crippen LogP contribution >= 0.6 is 0 Å². The summed E-state index contributed by atoms with van der Waals surface area (Å²) < 4.78 is 14.7. The molecule has 0 spiro atoms. The van der Waals surface area contributed by atoms with Crippen LogP contribution in [0.5, 0.6) is 0 Å². The van der Waals surface area contributed by atoms with Crippen LogP contribution in [0.2, 0.25) is 0 Å². The fourth-order valence-electron chi connectivity index (χ4n) is 2.63. The normalized spacial score (nSPS) is 11.5. The van der Waals surface area contributed by atoms with E-state index in [1.807, 2.05) is 66.9 Å². The van der Waals surface area contributed by atoms with E-state index in [-0.39, 0.29) is 5.82 Å². The Bertz CT molecular complexity index is 1100. The largest absolute Gasteiger partial charge is 0.251 e. The number of hydrogen-bond acceptors (Lipinski definition) is 3. The molecule has 0 N–H and O–H groups in total.